The lowest BCUT2D eigenvalue weighted by molar-refractivity contribution is -0.138. The first-order valence-electron chi connectivity index (χ1n) is 4.85. The third kappa shape index (κ3) is 6.62. The van der Waals surface area contributed by atoms with Crippen LogP contribution in [-0.4, -0.2) is 38.9 Å². The van der Waals surface area contributed by atoms with E-state index in [0.29, 0.717) is 38.5 Å². The average molecular weight is 201 g/mol. The molecular formula is C10H19NO3. The number of rotatable bonds is 8. The Morgan fingerprint density at radius 3 is 2.64 bits per heavy atom. The first-order chi connectivity index (χ1) is 6.72. The van der Waals surface area contributed by atoms with Crippen LogP contribution in [0.3, 0.4) is 0 Å². The summed E-state index contributed by atoms with van der Waals surface area (Å²) in [6.07, 6.45) is 0. The van der Waals surface area contributed by atoms with Crippen molar-refractivity contribution in [3.05, 3.63) is 12.2 Å². The van der Waals surface area contributed by atoms with Gasteiger partial charge in [0.25, 0.3) is 0 Å². The highest BCUT2D eigenvalue weighted by Crippen LogP contribution is 1.92. The predicted molar refractivity (Wildman–Crippen MR) is 55.1 cm³/mol. The third-order valence-electron chi connectivity index (χ3n) is 1.53. The number of nitrogens with one attached hydrogen (secondary N) is 1. The Hall–Kier alpha value is -0.870. The number of carbonyl (C=O) groups is 1. The molecule has 0 saturated heterocycles. The van der Waals surface area contributed by atoms with Gasteiger partial charge in [0.15, 0.2) is 0 Å². The van der Waals surface area contributed by atoms with Gasteiger partial charge in [0.1, 0.15) is 0 Å². The van der Waals surface area contributed by atoms with Crippen molar-refractivity contribution in [3.63, 3.8) is 0 Å². The van der Waals surface area contributed by atoms with Crippen LogP contribution < -0.4 is 5.32 Å². The lowest BCUT2D eigenvalue weighted by atomic mass is 10.3. The fourth-order valence-corrected chi connectivity index (χ4v) is 0.833. The molecule has 0 aliphatic heterocycles. The molecule has 0 spiro atoms. The Morgan fingerprint density at radius 1 is 1.36 bits per heavy atom. The third-order valence-corrected chi connectivity index (χ3v) is 1.53. The van der Waals surface area contributed by atoms with Crippen molar-refractivity contribution in [1.82, 2.24) is 5.32 Å². The van der Waals surface area contributed by atoms with Crippen LogP contribution in [0.1, 0.15) is 13.8 Å². The van der Waals surface area contributed by atoms with Gasteiger partial charge in [0, 0.05) is 25.3 Å². The van der Waals surface area contributed by atoms with Gasteiger partial charge in [0.2, 0.25) is 0 Å². The lowest BCUT2D eigenvalue weighted by Gasteiger charge is -2.06. The van der Waals surface area contributed by atoms with Crippen molar-refractivity contribution < 1.29 is 14.3 Å². The van der Waals surface area contributed by atoms with E-state index in [1.165, 1.54) is 0 Å². The SMILES string of the molecule is C=C(CNCCOCC)C(=O)OCC. The van der Waals surface area contributed by atoms with Crippen LogP contribution in [-0.2, 0) is 14.3 Å². The van der Waals surface area contributed by atoms with Gasteiger partial charge in [-0.2, -0.15) is 0 Å². The molecule has 0 rings (SSSR count). The maximum atomic E-state index is 11.1. The summed E-state index contributed by atoms with van der Waals surface area (Å²) in [5, 5.41) is 3.03. The van der Waals surface area contributed by atoms with Crippen LogP contribution in [0.5, 0.6) is 0 Å². The molecule has 0 aliphatic carbocycles. The van der Waals surface area contributed by atoms with Crippen LogP contribution in [0.15, 0.2) is 12.2 Å². The molecule has 0 amide bonds. The summed E-state index contributed by atoms with van der Waals surface area (Å²) >= 11 is 0. The van der Waals surface area contributed by atoms with Crippen LogP contribution in [0.4, 0.5) is 0 Å². The van der Waals surface area contributed by atoms with Crippen LogP contribution in [0.25, 0.3) is 0 Å². The van der Waals surface area contributed by atoms with E-state index < -0.39 is 0 Å². The average Bonchev–Trinajstić information content (AvgIpc) is 2.17. The van der Waals surface area contributed by atoms with Crippen molar-refractivity contribution in [3.8, 4) is 0 Å². The summed E-state index contributed by atoms with van der Waals surface area (Å²) in [7, 11) is 0. The number of ether oxygens (including phenoxy) is 2. The molecule has 0 aliphatic rings. The minimum absolute atomic E-state index is 0.337. The Labute approximate surface area is 85.3 Å². The normalized spacial score (nSPS) is 9.86. The highest BCUT2D eigenvalue weighted by molar-refractivity contribution is 5.88. The van der Waals surface area contributed by atoms with Crippen molar-refractivity contribution in [2.45, 2.75) is 13.8 Å². The van der Waals surface area contributed by atoms with E-state index in [4.69, 9.17) is 9.47 Å². The van der Waals surface area contributed by atoms with E-state index in [2.05, 4.69) is 11.9 Å². The van der Waals surface area contributed by atoms with Gasteiger partial charge in [-0.3, -0.25) is 0 Å². The minimum Gasteiger partial charge on any atom is -0.463 e. The molecule has 14 heavy (non-hydrogen) atoms. The van der Waals surface area contributed by atoms with E-state index in [9.17, 15) is 4.79 Å². The van der Waals surface area contributed by atoms with Gasteiger partial charge in [0.05, 0.1) is 13.2 Å². The first-order valence-corrected chi connectivity index (χ1v) is 4.85. The van der Waals surface area contributed by atoms with E-state index in [-0.39, 0.29) is 5.97 Å². The number of hydrogen-bond acceptors (Lipinski definition) is 4. The van der Waals surface area contributed by atoms with Gasteiger partial charge >= 0.3 is 5.97 Å². The highest BCUT2D eigenvalue weighted by Gasteiger charge is 2.05. The van der Waals surface area contributed by atoms with Crippen molar-refractivity contribution in [2.75, 3.05) is 32.9 Å². The van der Waals surface area contributed by atoms with E-state index in [0.717, 1.165) is 0 Å². The molecule has 4 heteroatoms. The topological polar surface area (TPSA) is 47.6 Å². The standard InChI is InChI=1S/C10H19NO3/c1-4-13-7-6-11-8-9(3)10(12)14-5-2/h11H,3-8H2,1-2H3. The van der Waals surface area contributed by atoms with Gasteiger partial charge in [-0.25, -0.2) is 4.79 Å². The van der Waals surface area contributed by atoms with Crippen LogP contribution >= 0.6 is 0 Å². The Morgan fingerprint density at radius 2 is 2.07 bits per heavy atom. The molecule has 0 aromatic heterocycles. The maximum absolute atomic E-state index is 11.1. The molecule has 82 valence electrons. The molecule has 0 saturated carbocycles. The van der Waals surface area contributed by atoms with E-state index in [1.807, 2.05) is 6.92 Å². The number of esters is 1. The zero-order chi connectivity index (χ0) is 10.8. The zero-order valence-corrected chi connectivity index (χ0v) is 8.97. The fourth-order valence-electron chi connectivity index (χ4n) is 0.833. The summed E-state index contributed by atoms with van der Waals surface area (Å²) in [4.78, 5) is 11.1. The second kappa shape index (κ2) is 8.72. The summed E-state index contributed by atoms with van der Waals surface area (Å²) in [6, 6.07) is 0. The number of carbonyl (C=O) groups excluding carboxylic acids is 1. The molecule has 0 heterocycles. The Balaban J connectivity index is 3.39. The van der Waals surface area contributed by atoms with Gasteiger partial charge in [-0.1, -0.05) is 6.58 Å². The number of hydrogen-bond donors (Lipinski definition) is 1. The van der Waals surface area contributed by atoms with Crippen molar-refractivity contribution in [2.24, 2.45) is 0 Å². The van der Waals surface area contributed by atoms with Gasteiger partial charge < -0.3 is 14.8 Å². The second-order valence-corrected chi connectivity index (χ2v) is 2.70. The molecular weight excluding hydrogens is 182 g/mol. The largest absolute Gasteiger partial charge is 0.463 e. The van der Waals surface area contributed by atoms with Gasteiger partial charge in [-0.05, 0) is 13.8 Å². The smallest absolute Gasteiger partial charge is 0.334 e. The molecule has 0 atom stereocenters. The molecule has 0 fully saturated rings. The lowest BCUT2D eigenvalue weighted by Crippen LogP contribution is -2.25. The predicted octanol–water partition coefficient (Wildman–Crippen LogP) is 0.732. The van der Waals surface area contributed by atoms with Crippen molar-refractivity contribution in [1.29, 1.82) is 0 Å². The molecule has 4 nitrogen and oxygen atoms in total. The highest BCUT2D eigenvalue weighted by atomic mass is 16.5. The molecule has 0 aromatic rings. The molecule has 1 N–H and O–H groups in total. The first kappa shape index (κ1) is 13.1. The summed E-state index contributed by atoms with van der Waals surface area (Å²) in [6.45, 7) is 10.2. The van der Waals surface area contributed by atoms with Crippen LogP contribution in [0, 0.1) is 0 Å². The molecule has 0 radical (unpaired) electrons. The monoisotopic (exact) mass is 201 g/mol. The zero-order valence-electron chi connectivity index (χ0n) is 8.97. The Kier molecular flexibility index (Phi) is 8.17. The maximum Gasteiger partial charge on any atom is 0.334 e. The molecule has 0 aromatic carbocycles. The van der Waals surface area contributed by atoms with Crippen molar-refractivity contribution >= 4 is 5.97 Å². The molecule has 0 unspecified atom stereocenters. The van der Waals surface area contributed by atoms with Crippen LogP contribution in [0.2, 0.25) is 0 Å². The summed E-state index contributed by atoms with van der Waals surface area (Å²) in [5.41, 5.74) is 0.448. The second-order valence-electron chi connectivity index (χ2n) is 2.70. The quantitative estimate of drug-likeness (QED) is 0.357. The minimum atomic E-state index is -0.337. The van der Waals surface area contributed by atoms with Gasteiger partial charge in [-0.15, -0.1) is 0 Å². The summed E-state index contributed by atoms with van der Waals surface area (Å²) in [5.74, 6) is -0.337. The fraction of sp³-hybridized carbons (Fsp3) is 0.700. The van der Waals surface area contributed by atoms with E-state index >= 15 is 0 Å². The Bertz CT molecular complexity index is 180. The molecule has 0 bridgehead atoms. The van der Waals surface area contributed by atoms with E-state index in [1.54, 1.807) is 6.92 Å². The summed E-state index contributed by atoms with van der Waals surface area (Å²) < 4.78 is 9.89.